The smallest absolute Gasteiger partial charge is 0.161 e. The predicted octanol–water partition coefficient (Wildman–Crippen LogP) is 4.10. The highest BCUT2D eigenvalue weighted by Gasteiger charge is 2.16. The number of fused-ring (bicyclic) bond motifs is 1. The number of benzene rings is 2. The van der Waals surface area contributed by atoms with E-state index in [4.69, 9.17) is 9.47 Å². The molecule has 2 aromatic carbocycles. The topological polar surface area (TPSA) is 55.1 Å². The second-order valence-electron chi connectivity index (χ2n) is 5.15. The summed E-state index contributed by atoms with van der Waals surface area (Å²) in [4.78, 5) is 4.65. The van der Waals surface area contributed by atoms with E-state index in [1.807, 2.05) is 49.4 Å². The largest absolute Gasteiger partial charge is 0.493 e. The molecule has 0 atom stereocenters. The molecule has 1 heterocycles. The molecular formula is C19H16N2O2. The summed E-state index contributed by atoms with van der Waals surface area (Å²) in [5, 5.41) is 11.4. The zero-order valence-electron chi connectivity index (χ0n) is 13.3. The Hall–Kier alpha value is -3.06. The first-order chi connectivity index (χ1) is 11.2. The second-order valence-corrected chi connectivity index (χ2v) is 5.15. The van der Waals surface area contributed by atoms with Gasteiger partial charge in [0, 0.05) is 22.0 Å². The zero-order valence-corrected chi connectivity index (χ0v) is 13.3. The summed E-state index contributed by atoms with van der Waals surface area (Å²) in [7, 11) is 3.18. The van der Waals surface area contributed by atoms with Gasteiger partial charge in [-0.2, -0.15) is 5.26 Å². The van der Waals surface area contributed by atoms with Crippen molar-refractivity contribution in [3.63, 3.8) is 0 Å². The van der Waals surface area contributed by atoms with E-state index in [1.54, 1.807) is 14.2 Å². The molecular weight excluding hydrogens is 288 g/mol. The first-order valence-corrected chi connectivity index (χ1v) is 7.21. The maximum Gasteiger partial charge on any atom is 0.161 e. The van der Waals surface area contributed by atoms with Crippen LogP contribution in [-0.4, -0.2) is 19.2 Å². The van der Waals surface area contributed by atoms with E-state index in [2.05, 4.69) is 11.1 Å². The average molecular weight is 304 g/mol. The van der Waals surface area contributed by atoms with Gasteiger partial charge in [-0.05, 0) is 19.1 Å². The fourth-order valence-corrected chi connectivity index (χ4v) is 2.71. The lowest BCUT2D eigenvalue weighted by Gasteiger charge is -2.14. The Morgan fingerprint density at radius 1 is 0.957 bits per heavy atom. The first kappa shape index (κ1) is 14.9. The van der Waals surface area contributed by atoms with Gasteiger partial charge in [0.2, 0.25) is 0 Å². The minimum absolute atomic E-state index is 0.540. The maximum absolute atomic E-state index is 9.70. The van der Waals surface area contributed by atoms with E-state index in [0.717, 1.165) is 22.0 Å². The molecule has 4 nitrogen and oxygen atoms in total. The van der Waals surface area contributed by atoms with Crippen LogP contribution in [0.25, 0.3) is 22.0 Å². The average Bonchev–Trinajstić information content (AvgIpc) is 2.61. The van der Waals surface area contributed by atoms with Crippen LogP contribution in [0.15, 0.2) is 42.5 Å². The van der Waals surface area contributed by atoms with Crippen LogP contribution in [0.1, 0.15) is 11.3 Å². The number of pyridine rings is 1. The highest BCUT2D eigenvalue weighted by atomic mass is 16.5. The monoisotopic (exact) mass is 304 g/mol. The van der Waals surface area contributed by atoms with Crippen molar-refractivity contribution in [2.75, 3.05) is 14.2 Å². The fraction of sp³-hybridized carbons (Fsp3) is 0.158. The lowest BCUT2D eigenvalue weighted by Crippen LogP contribution is -1.98. The minimum Gasteiger partial charge on any atom is -0.493 e. The quantitative estimate of drug-likeness (QED) is 0.731. The van der Waals surface area contributed by atoms with Gasteiger partial charge in [0.1, 0.15) is 6.07 Å². The summed E-state index contributed by atoms with van der Waals surface area (Å²) in [5.41, 5.74) is 2.99. The molecule has 1 aromatic heterocycles. The third kappa shape index (κ3) is 2.47. The Morgan fingerprint density at radius 2 is 1.57 bits per heavy atom. The molecule has 0 unspecified atom stereocenters. The Balaban J connectivity index is 2.40. The number of rotatable bonds is 3. The summed E-state index contributed by atoms with van der Waals surface area (Å²) in [6, 6.07) is 15.7. The van der Waals surface area contributed by atoms with Crippen LogP contribution in [0.3, 0.4) is 0 Å². The normalized spacial score (nSPS) is 10.3. The molecule has 0 amide bonds. The number of ether oxygens (including phenoxy) is 2. The van der Waals surface area contributed by atoms with Gasteiger partial charge in [0.05, 0.1) is 25.5 Å². The van der Waals surface area contributed by atoms with Gasteiger partial charge < -0.3 is 9.47 Å². The maximum atomic E-state index is 9.70. The van der Waals surface area contributed by atoms with E-state index < -0.39 is 0 Å². The summed E-state index contributed by atoms with van der Waals surface area (Å²) in [6.45, 7) is 1.93. The van der Waals surface area contributed by atoms with Crippen molar-refractivity contribution in [1.29, 1.82) is 5.26 Å². The van der Waals surface area contributed by atoms with Crippen LogP contribution in [0.2, 0.25) is 0 Å². The van der Waals surface area contributed by atoms with Crippen LogP contribution in [0.4, 0.5) is 0 Å². The molecule has 114 valence electrons. The van der Waals surface area contributed by atoms with Gasteiger partial charge in [-0.3, -0.25) is 4.98 Å². The molecule has 0 aliphatic heterocycles. The Morgan fingerprint density at radius 3 is 2.13 bits per heavy atom. The number of aromatic nitrogens is 1. The third-order valence-electron chi connectivity index (χ3n) is 3.86. The first-order valence-electron chi connectivity index (χ1n) is 7.21. The SMILES string of the molecule is COc1cc2c(C)nc(-c3ccccc3)c(C#N)c2cc1OC. The Kier molecular flexibility index (Phi) is 3.86. The summed E-state index contributed by atoms with van der Waals surface area (Å²) < 4.78 is 10.7. The number of hydrogen-bond acceptors (Lipinski definition) is 4. The zero-order chi connectivity index (χ0) is 16.4. The summed E-state index contributed by atoms with van der Waals surface area (Å²) >= 11 is 0. The van der Waals surface area contributed by atoms with Crippen LogP contribution in [-0.2, 0) is 0 Å². The molecule has 0 spiro atoms. The lowest BCUT2D eigenvalue weighted by molar-refractivity contribution is 0.356. The van der Waals surface area contributed by atoms with Crippen molar-refractivity contribution >= 4 is 10.8 Å². The molecule has 3 rings (SSSR count). The van der Waals surface area contributed by atoms with Crippen molar-refractivity contribution in [3.05, 3.63) is 53.7 Å². The molecule has 0 saturated heterocycles. The Bertz CT molecular complexity index is 912. The Labute approximate surface area is 134 Å². The lowest BCUT2D eigenvalue weighted by atomic mass is 9.98. The van der Waals surface area contributed by atoms with Crippen molar-refractivity contribution in [2.24, 2.45) is 0 Å². The van der Waals surface area contributed by atoms with Crippen LogP contribution < -0.4 is 9.47 Å². The van der Waals surface area contributed by atoms with Gasteiger partial charge in [-0.15, -0.1) is 0 Å². The highest BCUT2D eigenvalue weighted by molar-refractivity contribution is 5.96. The highest BCUT2D eigenvalue weighted by Crippen LogP contribution is 2.37. The molecule has 0 N–H and O–H groups in total. The molecule has 3 aromatic rings. The van der Waals surface area contributed by atoms with Gasteiger partial charge in [0.15, 0.2) is 11.5 Å². The predicted molar refractivity (Wildman–Crippen MR) is 89.7 cm³/mol. The van der Waals surface area contributed by atoms with E-state index in [0.29, 0.717) is 22.8 Å². The third-order valence-corrected chi connectivity index (χ3v) is 3.86. The van der Waals surface area contributed by atoms with Crippen molar-refractivity contribution < 1.29 is 9.47 Å². The molecule has 0 fully saturated rings. The number of nitriles is 1. The standard InChI is InChI=1S/C19H16N2O2/c1-12-14-9-17(22-2)18(23-3)10-15(14)16(11-20)19(21-12)13-7-5-4-6-8-13/h4-10H,1-3H3. The van der Waals surface area contributed by atoms with Crippen LogP contribution in [0.5, 0.6) is 11.5 Å². The van der Waals surface area contributed by atoms with Crippen molar-refractivity contribution in [2.45, 2.75) is 6.92 Å². The molecule has 4 heteroatoms. The van der Waals surface area contributed by atoms with Gasteiger partial charge >= 0.3 is 0 Å². The number of nitrogens with zero attached hydrogens (tertiary/aromatic N) is 2. The molecule has 0 bridgehead atoms. The van der Waals surface area contributed by atoms with Gasteiger partial charge in [-0.1, -0.05) is 30.3 Å². The van der Waals surface area contributed by atoms with Gasteiger partial charge in [0.25, 0.3) is 0 Å². The number of methoxy groups -OCH3 is 2. The number of hydrogen-bond donors (Lipinski definition) is 0. The molecule has 0 aliphatic carbocycles. The van der Waals surface area contributed by atoms with Gasteiger partial charge in [-0.25, -0.2) is 0 Å². The van der Waals surface area contributed by atoms with E-state index in [-0.39, 0.29) is 0 Å². The van der Waals surface area contributed by atoms with E-state index in [9.17, 15) is 5.26 Å². The molecule has 23 heavy (non-hydrogen) atoms. The van der Waals surface area contributed by atoms with Crippen molar-refractivity contribution in [3.8, 4) is 28.8 Å². The van der Waals surface area contributed by atoms with Crippen molar-refractivity contribution in [1.82, 2.24) is 4.98 Å². The minimum atomic E-state index is 0.540. The molecule has 0 aliphatic rings. The fourth-order valence-electron chi connectivity index (χ4n) is 2.71. The summed E-state index contributed by atoms with van der Waals surface area (Å²) in [6.07, 6.45) is 0. The second kappa shape index (κ2) is 5.98. The molecule has 0 radical (unpaired) electrons. The van der Waals surface area contributed by atoms with Crippen LogP contribution >= 0.6 is 0 Å². The summed E-state index contributed by atoms with van der Waals surface area (Å²) in [5.74, 6) is 1.22. The number of aryl methyl sites for hydroxylation is 1. The molecule has 0 saturated carbocycles. The van der Waals surface area contributed by atoms with E-state index >= 15 is 0 Å². The van der Waals surface area contributed by atoms with Crippen LogP contribution in [0, 0.1) is 18.3 Å². The van der Waals surface area contributed by atoms with E-state index in [1.165, 1.54) is 0 Å².